The fourth-order valence-corrected chi connectivity index (χ4v) is 4.29. The highest BCUT2D eigenvalue weighted by Crippen LogP contribution is 2.70. The van der Waals surface area contributed by atoms with E-state index in [2.05, 4.69) is 45.7 Å². The van der Waals surface area contributed by atoms with Crippen molar-refractivity contribution in [1.29, 1.82) is 0 Å². The van der Waals surface area contributed by atoms with Gasteiger partial charge in [0.2, 0.25) is 0 Å². The van der Waals surface area contributed by atoms with Gasteiger partial charge in [0.25, 0.3) is 0 Å². The average molecular weight is 276 g/mol. The number of halogens is 3. The minimum Gasteiger partial charge on any atom is -0.106 e. The number of rotatable bonds is 1. The van der Waals surface area contributed by atoms with Gasteiger partial charge in [-0.15, -0.1) is 11.6 Å². The quantitative estimate of drug-likeness (QED) is 0.644. The minimum atomic E-state index is -0.149. The van der Waals surface area contributed by atoms with Gasteiger partial charge in [-0.05, 0) is 0 Å². The van der Waals surface area contributed by atoms with E-state index in [1.165, 1.54) is 0 Å². The zero-order chi connectivity index (χ0) is 7.28. The molecule has 1 aliphatic rings. The van der Waals surface area contributed by atoms with Gasteiger partial charge in [-0.3, -0.25) is 0 Å². The van der Waals surface area contributed by atoms with Crippen LogP contribution in [0.2, 0.25) is 0 Å². The van der Waals surface area contributed by atoms with E-state index in [1.807, 2.05) is 0 Å². The molecule has 0 bridgehead atoms. The Morgan fingerprint density at radius 1 is 1.56 bits per heavy atom. The van der Waals surface area contributed by atoms with Crippen molar-refractivity contribution in [3.63, 3.8) is 0 Å². The van der Waals surface area contributed by atoms with Crippen molar-refractivity contribution in [3.05, 3.63) is 0 Å². The molecule has 0 spiro atoms. The summed E-state index contributed by atoms with van der Waals surface area (Å²) in [4.78, 5) is 0. The van der Waals surface area contributed by atoms with E-state index in [4.69, 9.17) is 11.6 Å². The third-order valence-corrected chi connectivity index (χ3v) is 5.21. The molecule has 9 heavy (non-hydrogen) atoms. The molecule has 2 atom stereocenters. The van der Waals surface area contributed by atoms with Gasteiger partial charge < -0.3 is 0 Å². The summed E-state index contributed by atoms with van der Waals surface area (Å²) in [6.07, 6.45) is 0. The van der Waals surface area contributed by atoms with Crippen LogP contribution in [-0.4, -0.2) is 9.11 Å². The zero-order valence-electron chi connectivity index (χ0n) is 5.42. The maximum Gasteiger partial charge on any atom is 0.109 e. The van der Waals surface area contributed by atoms with Crippen molar-refractivity contribution in [3.8, 4) is 0 Å². The predicted octanol–water partition coefficient (Wildman–Crippen LogP) is 3.37. The van der Waals surface area contributed by atoms with Gasteiger partial charge in [-0.25, -0.2) is 0 Å². The lowest BCUT2D eigenvalue weighted by Gasteiger charge is -1.99. The third-order valence-electron chi connectivity index (χ3n) is 2.24. The molecule has 3 heteroatoms. The van der Waals surface area contributed by atoms with Crippen LogP contribution in [0.3, 0.4) is 0 Å². The van der Waals surface area contributed by atoms with Crippen LogP contribution in [0.1, 0.15) is 13.8 Å². The smallest absolute Gasteiger partial charge is 0.106 e. The number of alkyl halides is 3. The van der Waals surface area contributed by atoms with Crippen LogP contribution in [0.25, 0.3) is 0 Å². The molecular weight excluding hydrogens is 267 g/mol. The molecule has 0 heterocycles. The highest BCUT2D eigenvalue weighted by molar-refractivity contribution is 9.11. The lowest BCUT2D eigenvalue weighted by Crippen LogP contribution is -1.95. The average Bonchev–Trinajstić information content (AvgIpc) is 2.00. The lowest BCUT2D eigenvalue weighted by atomic mass is 10.1. The fraction of sp³-hybridized carbons (Fsp3) is 1.00. The van der Waals surface area contributed by atoms with Crippen molar-refractivity contribution in [2.75, 3.05) is 5.33 Å². The molecule has 1 aliphatic carbocycles. The summed E-state index contributed by atoms with van der Waals surface area (Å²) in [5.74, 6) is 0.562. The number of hydrogen-bond donors (Lipinski definition) is 0. The second-order valence-corrected chi connectivity index (χ2v) is 6.00. The van der Waals surface area contributed by atoms with Crippen LogP contribution in [-0.2, 0) is 0 Å². The summed E-state index contributed by atoms with van der Waals surface area (Å²) < 4.78 is -0.149. The SMILES string of the molecule is CC1(C)C(CBr)C1(Cl)Br. The summed E-state index contributed by atoms with van der Waals surface area (Å²) in [5.41, 5.74) is 0.248. The first-order valence-corrected chi connectivity index (χ1v) is 5.17. The van der Waals surface area contributed by atoms with Gasteiger partial charge in [0.05, 0.1) is 0 Å². The van der Waals surface area contributed by atoms with Gasteiger partial charge in [-0.2, -0.15) is 0 Å². The van der Waals surface area contributed by atoms with E-state index in [0.717, 1.165) is 5.33 Å². The first-order valence-electron chi connectivity index (χ1n) is 2.88. The van der Waals surface area contributed by atoms with Gasteiger partial charge in [0.1, 0.15) is 3.78 Å². The van der Waals surface area contributed by atoms with Crippen molar-refractivity contribution < 1.29 is 0 Å². The van der Waals surface area contributed by atoms with E-state index in [-0.39, 0.29) is 9.20 Å². The maximum atomic E-state index is 6.09. The van der Waals surface area contributed by atoms with Crippen LogP contribution in [0, 0.1) is 11.3 Å². The molecule has 0 saturated heterocycles. The van der Waals surface area contributed by atoms with Crippen LogP contribution in [0.4, 0.5) is 0 Å². The van der Waals surface area contributed by atoms with E-state index in [1.54, 1.807) is 0 Å². The molecule has 0 radical (unpaired) electrons. The van der Waals surface area contributed by atoms with Gasteiger partial charge >= 0.3 is 0 Å². The van der Waals surface area contributed by atoms with E-state index in [0.29, 0.717) is 5.92 Å². The molecule has 2 unspecified atom stereocenters. The molecule has 1 rings (SSSR count). The summed E-state index contributed by atoms with van der Waals surface area (Å²) in [6, 6.07) is 0. The van der Waals surface area contributed by atoms with Gasteiger partial charge in [0, 0.05) is 16.7 Å². The Balaban J connectivity index is 2.66. The molecule has 0 aromatic carbocycles. The topological polar surface area (TPSA) is 0 Å². The maximum absolute atomic E-state index is 6.09. The molecular formula is C6H9Br2Cl. The third kappa shape index (κ3) is 0.982. The van der Waals surface area contributed by atoms with E-state index in [9.17, 15) is 0 Å². The fourth-order valence-electron chi connectivity index (χ4n) is 1.05. The van der Waals surface area contributed by atoms with Crippen LogP contribution >= 0.6 is 43.5 Å². The zero-order valence-corrected chi connectivity index (χ0v) is 9.35. The second kappa shape index (κ2) is 2.12. The van der Waals surface area contributed by atoms with Crippen molar-refractivity contribution in [1.82, 2.24) is 0 Å². The lowest BCUT2D eigenvalue weighted by molar-refractivity contribution is 0.589. The largest absolute Gasteiger partial charge is 0.109 e. The van der Waals surface area contributed by atoms with Crippen LogP contribution < -0.4 is 0 Å². The molecule has 0 nitrogen and oxygen atoms in total. The molecule has 0 aromatic heterocycles. The van der Waals surface area contributed by atoms with E-state index >= 15 is 0 Å². The summed E-state index contributed by atoms with van der Waals surface area (Å²) in [5, 5.41) is 0.981. The first kappa shape index (κ1) is 8.35. The summed E-state index contributed by atoms with van der Waals surface area (Å²) in [7, 11) is 0. The summed E-state index contributed by atoms with van der Waals surface area (Å²) in [6.45, 7) is 4.33. The van der Waals surface area contributed by atoms with Gasteiger partial charge in [0.15, 0.2) is 0 Å². The monoisotopic (exact) mass is 274 g/mol. The van der Waals surface area contributed by atoms with Crippen LogP contribution in [0.5, 0.6) is 0 Å². The molecule has 1 saturated carbocycles. The van der Waals surface area contributed by atoms with Crippen LogP contribution in [0.15, 0.2) is 0 Å². The first-order chi connectivity index (χ1) is 3.94. The normalized spacial score (nSPS) is 47.0. The molecule has 0 aliphatic heterocycles. The highest BCUT2D eigenvalue weighted by atomic mass is 79.9. The Morgan fingerprint density at radius 3 is 1.89 bits per heavy atom. The Hall–Kier alpha value is 1.25. The minimum absolute atomic E-state index is 0.149. The summed E-state index contributed by atoms with van der Waals surface area (Å²) >= 11 is 13.0. The Kier molecular flexibility index (Phi) is 1.96. The highest BCUT2D eigenvalue weighted by Gasteiger charge is 2.68. The molecule has 0 N–H and O–H groups in total. The van der Waals surface area contributed by atoms with Gasteiger partial charge in [-0.1, -0.05) is 45.7 Å². The Bertz CT molecular complexity index is 117. The Labute approximate surface area is 77.6 Å². The molecule has 0 amide bonds. The predicted molar refractivity (Wildman–Crippen MR) is 48.6 cm³/mol. The number of hydrogen-bond acceptors (Lipinski definition) is 0. The van der Waals surface area contributed by atoms with Crippen molar-refractivity contribution >= 4 is 43.5 Å². The standard InChI is InChI=1S/C6H9Br2Cl/c1-5(2)4(3-7)6(5,8)9/h4H,3H2,1-2H3. The molecule has 0 aromatic rings. The molecule has 54 valence electrons. The van der Waals surface area contributed by atoms with E-state index < -0.39 is 0 Å². The second-order valence-electron chi connectivity index (χ2n) is 3.05. The van der Waals surface area contributed by atoms with Crippen molar-refractivity contribution in [2.45, 2.75) is 17.6 Å². The molecule has 1 fully saturated rings. The van der Waals surface area contributed by atoms with Crippen molar-refractivity contribution in [2.24, 2.45) is 11.3 Å². The Morgan fingerprint density at radius 2 is 1.89 bits per heavy atom.